The number of carboxylic acids is 1. The van der Waals surface area contributed by atoms with Gasteiger partial charge in [-0.3, -0.25) is 0 Å². The number of aliphatic carboxylic acids is 1. The number of ether oxygens (including phenoxy) is 1. The minimum absolute atomic E-state index is 0.548. The highest BCUT2D eigenvalue weighted by atomic mass is 16.5. The lowest BCUT2D eigenvalue weighted by Gasteiger charge is -2.10. The Hall–Kier alpha value is -0.570. The van der Waals surface area contributed by atoms with Gasteiger partial charge in [0, 0.05) is 6.61 Å². The maximum atomic E-state index is 10.7. The molecule has 0 aliphatic heterocycles. The molecule has 17 heavy (non-hydrogen) atoms. The molecule has 0 aromatic rings. The molecule has 0 saturated heterocycles. The van der Waals surface area contributed by atoms with Crippen LogP contribution in [0.15, 0.2) is 0 Å². The normalized spacial score (nSPS) is 12.6. The molecule has 3 heteroatoms. The minimum atomic E-state index is -0.841. The predicted molar refractivity (Wildman–Crippen MR) is 70.3 cm³/mol. The van der Waals surface area contributed by atoms with Crippen LogP contribution in [0.5, 0.6) is 0 Å². The Morgan fingerprint density at radius 1 is 1.00 bits per heavy atom. The summed E-state index contributed by atoms with van der Waals surface area (Å²) in [6, 6.07) is 0. The van der Waals surface area contributed by atoms with Gasteiger partial charge in [0.25, 0.3) is 0 Å². The van der Waals surface area contributed by atoms with E-state index in [4.69, 9.17) is 9.84 Å². The zero-order valence-electron chi connectivity index (χ0n) is 11.4. The molecule has 0 spiro atoms. The van der Waals surface area contributed by atoms with E-state index in [1.54, 1.807) is 0 Å². The average molecular weight is 244 g/mol. The van der Waals surface area contributed by atoms with Crippen LogP contribution < -0.4 is 0 Å². The van der Waals surface area contributed by atoms with Crippen molar-refractivity contribution < 1.29 is 14.6 Å². The van der Waals surface area contributed by atoms with Crippen molar-refractivity contribution in [2.24, 2.45) is 0 Å². The van der Waals surface area contributed by atoms with Gasteiger partial charge in [0.2, 0.25) is 0 Å². The quantitative estimate of drug-likeness (QED) is 0.528. The van der Waals surface area contributed by atoms with Gasteiger partial charge in [0.05, 0.1) is 0 Å². The first-order valence-electron chi connectivity index (χ1n) is 7.06. The standard InChI is InChI=1S/C14H28O3/c1-3-5-6-7-8-9-10-11-12-17-13(4-2)14(15)16/h13H,3-12H2,1-2H3,(H,15,16). The molecule has 0 bridgehead atoms. The Morgan fingerprint density at radius 2 is 1.53 bits per heavy atom. The maximum absolute atomic E-state index is 10.7. The smallest absolute Gasteiger partial charge is 0.332 e. The molecule has 0 saturated carbocycles. The second-order valence-electron chi connectivity index (χ2n) is 4.58. The van der Waals surface area contributed by atoms with Crippen molar-refractivity contribution >= 4 is 5.97 Å². The van der Waals surface area contributed by atoms with Crippen LogP contribution in [0, 0.1) is 0 Å². The van der Waals surface area contributed by atoms with Gasteiger partial charge in [-0.1, -0.05) is 58.8 Å². The fourth-order valence-electron chi connectivity index (χ4n) is 1.83. The van der Waals surface area contributed by atoms with E-state index in [-0.39, 0.29) is 0 Å². The van der Waals surface area contributed by atoms with E-state index in [2.05, 4.69) is 6.92 Å². The summed E-state index contributed by atoms with van der Waals surface area (Å²) >= 11 is 0. The monoisotopic (exact) mass is 244 g/mol. The lowest BCUT2D eigenvalue weighted by Crippen LogP contribution is -2.23. The van der Waals surface area contributed by atoms with Crippen LogP contribution in [0.25, 0.3) is 0 Å². The summed E-state index contributed by atoms with van der Waals surface area (Å²) in [5.41, 5.74) is 0. The molecule has 0 rings (SSSR count). The van der Waals surface area contributed by atoms with Crippen molar-refractivity contribution in [3.8, 4) is 0 Å². The van der Waals surface area contributed by atoms with E-state index in [1.807, 2.05) is 6.92 Å². The third-order valence-electron chi connectivity index (χ3n) is 2.96. The molecular weight excluding hydrogens is 216 g/mol. The zero-order chi connectivity index (χ0) is 12.9. The van der Waals surface area contributed by atoms with Crippen molar-refractivity contribution in [1.29, 1.82) is 0 Å². The van der Waals surface area contributed by atoms with Crippen LogP contribution in [0.2, 0.25) is 0 Å². The summed E-state index contributed by atoms with van der Waals surface area (Å²) in [5, 5.41) is 8.77. The molecule has 0 radical (unpaired) electrons. The largest absolute Gasteiger partial charge is 0.479 e. The van der Waals surface area contributed by atoms with Crippen LogP contribution >= 0.6 is 0 Å². The Kier molecular flexibility index (Phi) is 11.5. The number of carboxylic acid groups (broad SMARTS) is 1. The summed E-state index contributed by atoms with van der Waals surface area (Å²) in [6.45, 7) is 4.65. The summed E-state index contributed by atoms with van der Waals surface area (Å²) in [7, 11) is 0. The van der Waals surface area contributed by atoms with Crippen molar-refractivity contribution in [3.05, 3.63) is 0 Å². The molecule has 0 aliphatic rings. The van der Waals surface area contributed by atoms with Crippen LogP contribution in [-0.4, -0.2) is 23.8 Å². The van der Waals surface area contributed by atoms with Gasteiger partial charge in [-0.2, -0.15) is 0 Å². The molecule has 0 heterocycles. The molecule has 1 unspecified atom stereocenters. The number of hydrogen-bond donors (Lipinski definition) is 1. The number of unbranched alkanes of at least 4 members (excludes halogenated alkanes) is 7. The second-order valence-corrected chi connectivity index (χ2v) is 4.58. The molecule has 1 atom stereocenters. The Bertz CT molecular complexity index is 180. The van der Waals surface area contributed by atoms with Crippen molar-refractivity contribution in [3.63, 3.8) is 0 Å². The van der Waals surface area contributed by atoms with E-state index in [1.165, 1.54) is 38.5 Å². The van der Waals surface area contributed by atoms with Gasteiger partial charge >= 0.3 is 5.97 Å². The predicted octanol–water partition coefficient (Wildman–Crippen LogP) is 4.01. The van der Waals surface area contributed by atoms with E-state index in [0.29, 0.717) is 13.0 Å². The number of rotatable bonds is 12. The van der Waals surface area contributed by atoms with Crippen LogP contribution in [-0.2, 0) is 9.53 Å². The highest BCUT2D eigenvalue weighted by Crippen LogP contribution is 2.09. The molecular formula is C14H28O3. The first-order valence-corrected chi connectivity index (χ1v) is 7.06. The molecule has 0 fully saturated rings. The third-order valence-corrected chi connectivity index (χ3v) is 2.96. The van der Waals surface area contributed by atoms with Crippen LogP contribution in [0.4, 0.5) is 0 Å². The summed E-state index contributed by atoms with van der Waals surface area (Å²) in [5.74, 6) is -0.841. The Labute approximate surface area is 106 Å². The lowest BCUT2D eigenvalue weighted by atomic mass is 10.1. The van der Waals surface area contributed by atoms with E-state index < -0.39 is 12.1 Å². The van der Waals surface area contributed by atoms with Crippen LogP contribution in [0.1, 0.15) is 71.6 Å². The van der Waals surface area contributed by atoms with Crippen molar-refractivity contribution in [1.82, 2.24) is 0 Å². The number of carbonyl (C=O) groups is 1. The summed E-state index contributed by atoms with van der Waals surface area (Å²) in [6.07, 6.45) is 9.95. The van der Waals surface area contributed by atoms with Gasteiger partial charge in [-0.15, -0.1) is 0 Å². The van der Waals surface area contributed by atoms with Gasteiger partial charge in [-0.25, -0.2) is 4.79 Å². The molecule has 0 aromatic carbocycles. The molecule has 3 nitrogen and oxygen atoms in total. The maximum Gasteiger partial charge on any atom is 0.332 e. The average Bonchev–Trinajstić information content (AvgIpc) is 2.31. The highest BCUT2D eigenvalue weighted by molar-refractivity contribution is 5.72. The molecule has 0 amide bonds. The SMILES string of the molecule is CCCCCCCCCCOC(CC)C(=O)O. The van der Waals surface area contributed by atoms with E-state index >= 15 is 0 Å². The van der Waals surface area contributed by atoms with Gasteiger partial charge in [0.1, 0.15) is 0 Å². The molecule has 0 aliphatic carbocycles. The summed E-state index contributed by atoms with van der Waals surface area (Å²) < 4.78 is 5.30. The first kappa shape index (κ1) is 16.4. The van der Waals surface area contributed by atoms with Gasteiger partial charge < -0.3 is 9.84 Å². The summed E-state index contributed by atoms with van der Waals surface area (Å²) in [4.78, 5) is 10.7. The molecule has 0 aromatic heterocycles. The van der Waals surface area contributed by atoms with Gasteiger partial charge in [-0.05, 0) is 12.8 Å². The fourth-order valence-corrected chi connectivity index (χ4v) is 1.83. The number of hydrogen-bond acceptors (Lipinski definition) is 2. The lowest BCUT2D eigenvalue weighted by molar-refractivity contribution is -0.150. The van der Waals surface area contributed by atoms with E-state index in [0.717, 1.165) is 12.8 Å². The fraction of sp³-hybridized carbons (Fsp3) is 0.929. The second kappa shape index (κ2) is 11.9. The minimum Gasteiger partial charge on any atom is -0.479 e. The third kappa shape index (κ3) is 10.3. The van der Waals surface area contributed by atoms with Crippen molar-refractivity contribution in [2.45, 2.75) is 77.7 Å². The molecule has 102 valence electrons. The van der Waals surface area contributed by atoms with Gasteiger partial charge in [0.15, 0.2) is 6.10 Å². The Balaban J connectivity index is 3.20. The Morgan fingerprint density at radius 3 is 2.00 bits per heavy atom. The topological polar surface area (TPSA) is 46.5 Å². The zero-order valence-corrected chi connectivity index (χ0v) is 11.4. The first-order chi connectivity index (χ1) is 8.22. The van der Waals surface area contributed by atoms with Crippen LogP contribution in [0.3, 0.4) is 0 Å². The van der Waals surface area contributed by atoms with Crippen molar-refractivity contribution in [2.75, 3.05) is 6.61 Å². The molecule has 1 N–H and O–H groups in total. The van der Waals surface area contributed by atoms with E-state index in [9.17, 15) is 4.79 Å². The highest BCUT2D eigenvalue weighted by Gasteiger charge is 2.14.